The van der Waals surface area contributed by atoms with E-state index in [9.17, 15) is 8.42 Å². The Balaban J connectivity index is 2.47. The van der Waals surface area contributed by atoms with Crippen LogP contribution in [-0.2, 0) is 16.4 Å². The molecular weight excluding hydrogens is 248 g/mol. The smallest absolute Gasteiger partial charge is 0.174 e. The molecule has 4 nitrogen and oxygen atoms in total. The van der Waals surface area contributed by atoms with Crippen molar-refractivity contribution >= 4 is 9.84 Å². The van der Waals surface area contributed by atoms with Crippen molar-refractivity contribution in [3.05, 3.63) is 47.0 Å². The Morgan fingerprint density at radius 1 is 1.33 bits per heavy atom. The number of hydrogen-bond donors (Lipinski definition) is 1. The van der Waals surface area contributed by atoms with Crippen molar-refractivity contribution in [3.63, 3.8) is 0 Å². The minimum atomic E-state index is -3.20. The van der Waals surface area contributed by atoms with Gasteiger partial charge in [-0.25, -0.2) is 8.42 Å². The van der Waals surface area contributed by atoms with Crippen molar-refractivity contribution in [1.29, 1.82) is 0 Å². The van der Waals surface area contributed by atoms with E-state index in [-0.39, 0.29) is 5.75 Å². The molecule has 0 heterocycles. The fraction of sp³-hybridized carbons (Fsp3) is 0.385. The molecule has 1 aromatic carbocycles. The summed E-state index contributed by atoms with van der Waals surface area (Å²) in [4.78, 5) is 1.98. The quantitative estimate of drug-likeness (QED) is 0.846. The highest BCUT2D eigenvalue weighted by atomic mass is 32.2. The molecule has 0 aromatic heterocycles. The van der Waals surface area contributed by atoms with Crippen LogP contribution in [-0.4, -0.2) is 32.7 Å². The van der Waals surface area contributed by atoms with Crippen molar-refractivity contribution in [1.82, 2.24) is 4.90 Å². The molecule has 0 radical (unpaired) electrons. The van der Waals surface area contributed by atoms with Gasteiger partial charge in [0, 0.05) is 24.2 Å². The van der Waals surface area contributed by atoms with E-state index in [1.54, 1.807) is 6.92 Å². The van der Waals surface area contributed by atoms with Gasteiger partial charge in [-0.05, 0) is 19.5 Å². The van der Waals surface area contributed by atoms with Gasteiger partial charge < -0.3 is 10.6 Å². The average Bonchev–Trinajstić information content (AvgIpc) is 2.26. The fourth-order valence-corrected chi connectivity index (χ4v) is 2.85. The number of benzene rings is 1. The zero-order valence-electron chi connectivity index (χ0n) is 10.8. The number of allylic oxidation sites excluding steroid dienone is 1. The van der Waals surface area contributed by atoms with E-state index < -0.39 is 9.84 Å². The summed E-state index contributed by atoms with van der Waals surface area (Å²) in [7, 11) is -1.29. The Labute approximate surface area is 109 Å². The summed E-state index contributed by atoms with van der Waals surface area (Å²) in [5.41, 5.74) is 6.87. The molecule has 100 valence electrons. The monoisotopic (exact) mass is 268 g/mol. The van der Waals surface area contributed by atoms with Crippen molar-refractivity contribution < 1.29 is 8.42 Å². The van der Waals surface area contributed by atoms with E-state index in [0.717, 1.165) is 12.0 Å². The number of nitrogens with two attached hydrogens (primary N) is 1. The van der Waals surface area contributed by atoms with Crippen molar-refractivity contribution in [2.75, 3.05) is 19.3 Å². The Hall–Kier alpha value is -1.33. The normalized spacial score (nSPS) is 12.9. The van der Waals surface area contributed by atoms with E-state index in [1.807, 2.05) is 42.3 Å². The molecule has 0 saturated heterocycles. The van der Waals surface area contributed by atoms with Gasteiger partial charge in [0.15, 0.2) is 9.84 Å². The van der Waals surface area contributed by atoms with Gasteiger partial charge in [-0.3, -0.25) is 0 Å². The first-order chi connectivity index (χ1) is 8.39. The first-order valence-corrected chi connectivity index (χ1v) is 7.49. The van der Waals surface area contributed by atoms with Gasteiger partial charge in [0.05, 0.1) is 5.75 Å². The molecule has 0 aliphatic carbocycles. The molecule has 0 saturated carbocycles. The summed E-state index contributed by atoms with van der Waals surface area (Å²) in [5.74, 6) is 0.0882. The van der Waals surface area contributed by atoms with Crippen LogP contribution in [0.4, 0.5) is 0 Å². The Bertz CT molecular complexity index is 491. The molecule has 0 aliphatic heterocycles. The minimum absolute atomic E-state index is 0.0882. The third-order valence-corrected chi connectivity index (χ3v) is 3.90. The predicted octanol–water partition coefficient (Wildman–Crippen LogP) is 1.35. The molecular formula is C13H20N2O2S. The minimum Gasteiger partial charge on any atom is -0.402 e. The molecule has 0 amide bonds. The highest BCUT2D eigenvalue weighted by molar-refractivity contribution is 7.94. The number of nitrogens with zero attached hydrogens (tertiary/aromatic N) is 1. The van der Waals surface area contributed by atoms with Crippen LogP contribution in [0.25, 0.3) is 0 Å². The second-order valence-corrected chi connectivity index (χ2v) is 6.42. The molecule has 0 aliphatic rings. The number of rotatable bonds is 6. The van der Waals surface area contributed by atoms with E-state index >= 15 is 0 Å². The van der Waals surface area contributed by atoms with Crippen LogP contribution in [0.3, 0.4) is 0 Å². The zero-order chi connectivity index (χ0) is 13.6. The average molecular weight is 268 g/mol. The second-order valence-electron chi connectivity index (χ2n) is 4.45. The summed E-state index contributed by atoms with van der Waals surface area (Å²) in [6, 6.07) is 9.95. The van der Waals surface area contributed by atoms with E-state index in [2.05, 4.69) is 0 Å². The van der Waals surface area contributed by atoms with Crippen molar-refractivity contribution in [2.45, 2.75) is 13.5 Å². The van der Waals surface area contributed by atoms with Gasteiger partial charge in [0.2, 0.25) is 0 Å². The Kier molecular flexibility index (Phi) is 5.37. The van der Waals surface area contributed by atoms with E-state index in [4.69, 9.17) is 5.73 Å². The van der Waals surface area contributed by atoms with Crippen LogP contribution in [0.5, 0.6) is 0 Å². The first-order valence-electron chi connectivity index (χ1n) is 5.78. The molecule has 18 heavy (non-hydrogen) atoms. The van der Waals surface area contributed by atoms with Crippen molar-refractivity contribution in [3.8, 4) is 0 Å². The molecule has 0 bridgehead atoms. The number of sulfone groups is 1. The van der Waals surface area contributed by atoms with Gasteiger partial charge in [-0.2, -0.15) is 0 Å². The van der Waals surface area contributed by atoms with Crippen LogP contribution >= 0.6 is 0 Å². The molecule has 0 spiro atoms. The molecule has 0 atom stereocenters. The molecule has 1 aromatic rings. The fourth-order valence-electron chi connectivity index (χ4n) is 1.60. The van der Waals surface area contributed by atoms with E-state index in [0.29, 0.717) is 12.2 Å². The second kappa shape index (κ2) is 6.56. The maximum atomic E-state index is 11.6. The highest BCUT2D eigenvalue weighted by Crippen LogP contribution is 2.03. The highest BCUT2D eigenvalue weighted by Gasteiger charge is 2.09. The van der Waals surface area contributed by atoms with Gasteiger partial charge >= 0.3 is 0 Å². The van der Waals surface area contributed by atoms with Crippen LogP contribution in [0.2, 0.25) is 0 Å². The Morgan fingerprint density at radius 3 is 2.50 bits per heavy atom. The lowest BCUT2D eigenvalue weighted by Crippen LogP contribution is -2.24. The molecule has 5 heteroatoms. The Morgan fingerprint density at radius 2 is 1.94 bits per heavy atom. The maximum Gasteiger partial charge on any atom is 0.174 e. The summed E-state index contributed by atoms with van der Waals surface area (Å²) in [5, 5.41) is 1.13. The molecule has 0 unspecified atom stereocenters. The molecule has 1 rings (SSSR count). The summed E-state index contributed by atoms with van der Waals surface area (Å²) < 4.78 is 23.2. The largest absolute Gasteiger partial charge is 0.402 e. The third-order valence-electron chi connectivity index (χ3n) is 2.42. The predicted molar refractivity (Wildman–Crippen MR) is 74.5 cm³/mol. The summed E-state index contributed by atoms with van der Waals surface area (Å²) in [6.07, 6.45) is 0. The zero-order valence-corrected chi connectivity index (χ0v) is 11.7. The lowest BCUT2D eigenvalue weighted by molar-refractivity contribution is 0.346. The van der Waals surface area contributed by atoms with Gasteiger partial charge in [-0.1, -0.05) is 30.3 Å². The number of hydrogen-bond acceptors (Lipinski definition) is 4. The van der Waals surface area contributed by atoms with Gasteiger partial charge in [0.25, 0.3) is 0 Å². The summed E-state index contributed by atoms with van der Waals surface area (Å²) >= 11 is 0. The van der Waals surface area contributed by atoms with Gasteiger partial charge in [0.1, 0.15) is 0 Å². The van der Waals surface area contributed by atoms with Crippen LogP contribution in [0.1, 0.15) is 12.5 Å². The lowest BCUT2D eigenvalue weighted by Gasteiger charge is -2.16. The first kappa shape index (κ1) is 14.7. The van der Waals surface area contributed by atoms with Gasteiger partial charge in [-0.15, -0.1) is 0 Å². The van der Waals surface area contributed by atoms with E-state index in [1.165, 1.54) is 5.56 Å². The summed E-state index contributed by atoms with van der Waals surface area (Å²) in [6.45, 7) is 2.80. The topological polar surface area (TPSA) is 63.4 Å². The SMILES string of the molecule is CC(N)=CS(=O)(=O)CCN(C)Cc1ccccc1. The van der Waals surface area contributed by atoms with Crippen LogP contribution in [0, 0.1) is 0 Å². The standard InChI is InChI=1S/C13H20N2O2S/c1-12(14)11-18(16,17)9-8-15(2)10-13-6-4-3-5-7-13/h3-7,11H,8-10,14H2,1-2H3. The lowest BCUT2D eigenvalue weighted by atomic mass is 10.2. The molecule has 0 fully saturated rings. The maximum absolute atomic E-state index is 11.6. The van der Waals surface area contributed by atoms with Crippen LogP contribution in [0.15, 0.2) is 41.4 Å². The van der Waals surface area contributed by atoms with Crippen molar-refractivity contribution in [2.24, 2.45) is 5.73 Å². The van der Waals surface area contributed by atoms with Crippen LogP contribution < -0.4 is 5.73 Å². The molecule has 2 N–H and O–H groups in total. The third kappa shape index (κ3) is 5.84.